The smallest absolute Gasteiger partial charge is 0.407 e. The third-order valence-corrected chi connectivity index (χ3v) is 3.64. The van der Waals surface area contributed by atoms with Crippen molar-refractivity contribution >= 4 is 6.09 Å². The van der Waals surface area contributed by atoms with E-state index < -0.39 is 5.60 Å². The standard InChI is InChI=1S/C16H32N2O2/c1-12(2)11-14-13(7-6-9-17-14)8-10-18-15(19)20-16(3,4)5/h12-14,17H,6-11H2,1-5H3,(H,18,19). The molecule has 4 nitrogen and oxygen atoms in total. The summed E-state index contributed by atoms with van der Waals surface area (Å²) in [6.45, 7) is 12.0. The van der Waals surface area contributed by atoms with Crippen LogP contribution in [0.3, 0.4) is 0 Å². The lowest BCUT2D eigenvalue weighted by Gasteiger charge is -2.34. The van der Waals surface area contributed by atoms with E-state index in [9.17, 15) is 4.79 Å². The SMILES string of the molecule is CC(C)CC1NCCCC1CCNC(=O)OC(C)(C)C. The Labute approximate surface area is 124 Å². The first-order valence-electron chi connectivity index (χ1n) is 7.98. The van der Waals surface area contributed by atoms with Crippen LogP contribution >= 0.6 is 0 Å². The molecule has 4 heteroatoms. The maximum absolute atomic E-state index is 11.6. The number of hydrogen-bond acceptors (Lipinski definition) is 3. The van der Waals surface area contributed by atoms with Gasteiger partial charge in [-0.05, 0) is 64.8 Å². The highest BCUT2D eigenvalue weighted by Crippen LogP contribution is 2.24. The lowest BCUT2D eigenvalue weighted by molar-refractivity contribution is 0.0522. The fraction of sp³-hybridized carbons (Fsp3) is 0.938. The number of alkyl carbamates (subject to hydrolysis) is 1. The Morgan fingerprint density at radius 1 is 1.40 bits per heavy atom. The van der Waals surface area contributed by atoms with E-state index >= 15 is 0 Å². The third-order valence-electron chi connectivity index (χ3n) is 3.64. The van der Waals surface area contributed by atoms with Gasteiger partial charge in [0.15, 0.2) is 0 Å². The van der Waals surface area contributed by atoms with Crippen molar-refractivity contribution in [2.24, 2.45) is 11.8 Å². The second-order valence-electron chi connectivity index (χ2n) is 7.31. The van der Waals surface area contributed by atoms with Crippen LogP contribution in [0, 0.1) is 11.8 Å². The molecule has 20 heavy (non-hydrogen) atoms. The van der Waals surface area contributed by atoms with Crippen molar-refractivity contribution in [3.63, 3.8) is 0 Å². The first-order chi connectivity index (χ1) is 9.28. The zero-order valence-electron chi connectivity index (χ0n) is 13.8. The normalized spacial score (nSPS) is 23.7. The van der Waals surface area contributed by atoms with Crippen LogP contribution in [-0.2, 0) is 4.74 Å². The number of amides is 1. The van der Waals surface area contributed by atoms with E-state index in [2.05, 4.69) is 24.5 Å². The monoisotopic (exact) mass is 284 g/mol. The number of hydrogen-bond donors (Lipinski definition) is 2. The summed E-state index contributed by atoms with van der Waals surface area (Å²) in [7, 11) is 0. The lowest BCUT2D eigenvalue weighted by Crippen LogP contribution is -2.43. The van der Waals surface area contributed by atoms with Gasteiger partial charge in [0.05, 0.1) is 0 Å². The second-order valence-corrected chi connectivity index (χ2v) is 7.31. The molecular weight excluding hydrogens is 252 g/mol. The molecule has 1 aliphatic rings. The first-order valence-corrected chi connectivity index (χ1v) is 7.98. The Morgan fingerprint density at radius 3 is 2.70 bits per heavy atom. The Balaban J connectivity index is 2.29. The second kappa shape index (κ2) is 7.87. The maximum atomic E-state index is 11.6. The van der Waals surface area contributed by atoms with Gasteiger partial charge in [-0.1, -0.05) is 13.8 Å². The average Bonchev–Trinajstić information content (AvgIpc) is 2.28. The fourth-order valence-corrected chi connectivity index (χ4v) is 2.82. The number of carbonyl (C=O) groups excluding carboxylic acids is 1. The highest BCUT2D eigenvalue weighted by Gasteiger charge is 2.25. The Morgan fingerprint density at radius 2 is 2.10 bits per heavy atom. The summed E-state index contributed by atoms with van der Waals surface area (Å²) >= 11 is 0. The summed E-state index contributed by atoms with van der Waals surface area (Å²) in [5, 5.41) is 6.50. The molecule has 1 amide bonds. The Kier molecular flexibility index (Phi) is 6.80. The van der Waals surface area contributed by atoms with Gasteiger partial charge in [-0.2, -0.15) is 0 Å². The summed E-state index contributed by atoms with van der Waals surface area (Å²) in [5.74, 6) is 1.38. The topological polar surface area (TPSA) is 50.4 Å². The van der Waals surface area contributed by atoms with Gasteiger partial charge in [0, 0.05) is 12.6 Å². The van der Waals surface area contributed by atoms with Crippen molar-refractivity contribution in [2.75, 3.05) is 13.1 Å². The van der Waals surface area contributed by atoms with E-state index in [0.29, 0.717) is 24.4 Å². The van der Waals surface area contributed by atoms with E-state index in [4.69, 9.17) is 4.74 Å². The van der Waals surface area contributed by atoms with E-state index in [1.165, 1.54) is 19.3 Å². The quantitative estimate of drug-likeness (QED) is 0.814. The largest absolute Gasteiger partial charge is 0.444 e. The van der Waals surface area contributed by atoms with Gasteiger partial charge in [-0.15, -0.1) is 0 Å². The average molecular weight is 284 g/mol. The summed E-state index contributed by atoms with van der Waals surface area (Å²) in [6.07, 6.45) is 4.45. The van der Waals surface area contributed by atoms with Gasteiger partial charge in [0.25, 0.3) is 0 Å². The van der Waals surface area contributed by atoms with Crippen LogP contribution in [0.25, 0.3) is 0 Å². The minimum Gasteiger partial charge on any atom is -0.444 e. The van der Waals surface area contributed by atoms with Crippen molar-refractivity contribution in [1.29, 1.82) is 0 Å². The van der Waals surface area contributed by atoms with Gasteiger partial charge in [0.2, 0.25) is 0 Å². The molecule has 1 saturated heterocycles. The summed E-state index contributed by atoms with van der Waals surface area (Å²) in [6, 6.07) is 0.601. The van der Waals surface area contributed by atoms with Crippen molar-refractivity contribution in [2.45, 2.75) is 71.9 Å². The number of carbonyl (C=O) groups is 1. The molecule has 1 heterocycles. The Bertz CT molecular complexity index is 297. The molecule has 118 valence electrons. The molecule has 2 unspecified atom stereocenters. The third kappa shape index (κ3) is 7.13. The van der Waals surface area contributed by atoms with Crippen LogP contribution in [0.5, 0.6) is 0 Å². The molecule has 2 atom stereocenters. The first kappa shape index (κ1) is 17.3. The van der Waals surface area contributed by atoms with Crippen LogP contribution in [0.2, 0.25) is 0 Å². The van der Waals surface area contributed by atoms with Crippen molar-refractivity contribution in [1.82, 2.24) is 10.6 Å². The van der Waals surface area contributed by atoms with Crippen LogP contribution in [-0.4, -0.2) is 30.8 Å². The molecule has 1 aliphatic heterocycles. The molecule has 0 radical (unpaired) electrons. The minimum absolute atomic E-state index is 0.304. The van der Waals surface area contributed by atoms with Crippen LogP contribution < -0.4 is 10.6 Å². The van der Waals surface area contributed by atoms with Gasteiger partial charge in [0.1, 0.15) is 5.60 Å². The van der Waals surface area contributed by atoms with Crippen LogP contribution in [0.4, 0.5) is 4.79 Å². The minimum atomic E-state index is -0.420. The molecule has 1 fully saturated rings. The maximum Gasteiger partial charge on any atom is 0.407 e. The molecule has 1 rings (SSSR count). The van der Waals surface area contributed by atoms with E-state index in [0.717, 1.165) is 13.0 Å². The summed E-state index contributed by atoms with van der Waals surface area (Å²) in [4.78, 5) is 11.6. The van der Waals surface area contributed by atoms with Gasteiger partial charge in [-0.3, -0.25) is 0 Å². The molecule has 0 saturated carbocycles. The Hall–Kier alpha value is -0.770. The summed E-state index contributed by atoms with van der Waals surface area (Å²) < 4.78 is 5.25. The number of piperidine rings is 1. The van der Waals surface area contributed by atoms with Crippen molar-refractivity contribution in [3.05, 3.63) is 0 Å². The molecular formula is C16H32N2O2. The van der Waals surface area contributed by atoms with Crippen molar-refractivity contribution in [3.8, 4) is 0 Å². The molecule has 0 aromatic carbocycles. The van der Waals surface area contributed by atoms with Crippen LogP contribution in [0.1, 0.15) is 60.3 Å². The summed E-state index contributed by atoms with van der Waals surface area (Å²) in [5.41, 5.74) is -0.420. The van der Waals surface area contributed by atoms with Gasteiger partial charge in [-0.25, -0.2) is 4.79 Å². The van der Waals surface area contributed by atoms with E-state index in [1.807, 2.05) is 20.8 Å². The van der Waals surface area contributed by atoms with E-state index in [1.54, 1.807) is 0 Å². The molecule has 0 bridgehead atoms. The lowest BCUT2D eigenvalue weighted by atomic mass is 9.84. The zero-order chi connectivity index (χ0) is 15.2. The zero-order valence-corrected chi connectivity index (χ0v) is 13.8. The van der Waals surface area contributed by atoms with Crippen LogP contribution in [0.15, 0.2) is 0 Å². The highest BCUT2D eigenvalue weighted by molar-refractivity contribution is 5.67. The molecule has 0 aromatic heterocycles. The van der Waals surface area contributed by atoms with Gasteiger partial charge < -0.3 is 15.4 Å². The molecule has 0 aliphatic carbocycles. The molecule has 0 aromatic rings. The van der Waals surface area contributed by atoms with E-state index in [-0.39, 0.29) is 6.09 Å². The number of nitrogens with one attached hydrogen (secondary N) is 2. The molecule has 0 spiro atoms. The highest BCUT2D eigenvalue weighted by atomic mass is 16.6. The number of ether oxygens (including phenoxy) is 1. The molecule has 2 N–H and O–H groups in total. The predicted molar refractivity (Wildman–Crippen MR) is 82.8 cm³/mol. The van der Waals surface area contributed by atoms with Gasteiger partial charge >= 0.3 is 6.09 Å². The predicted octanol–water partition coefficient (Wildman–Crippen LogP) is 3.32. The number of rotatable bonds is 5. The van der Waals surface area contributed by atoms with Crippen molar-refractivity contribution < 1.29 is 9.53 Å². The fourth-order valence-electron chi connectivity index (χ4n) is 2.82.